The standard InChI is InChI=1S/C34H34N2O3/c37-26-12-11-24-17-30-33-14-13-28-31(25(19-33)20-36(28)32(39)23-9-5-2-6-10-23)34(33,27(24)18-26)15-16-35(30)21-29(38)22-7-3-1-4-8-22/h1-12,18,25,28,30-31,37H,13-17,19-21H2/t25-,28?,30-,31?,33-,34+/m1/s1. The molecule has 6 atom stereocenters. The number of fused-ring (bicyclic) bond motifs is 1. The van der Waals surface area contributed by atoms with Crippen LogP contribution in [0.3, 0.4) is 0 Å². The van der Waals surface area contributed by atoms with Crippen molar-refractivity contribution in [1.82, 2.24) is 9.80 Å². The molecule has 3 aromatic carbocycles. The molecule has 0 spiro atoms. The van der Waals surface area contributed by atoms with Crippen molar-refractivity contribution in [1.29, 1.82) is 0 Å². The Bertz CT molecular complexity index is 1470. The smallest absolute Gasteiger partial charge is 0.254 e. The fraction of sp³-hybridized carbons (Fsp3) is 0.412. The summed E-state index contributed by atoms with van der Waals surface area (Å²) in [6.07, 6.45) is 5.09. The lowest BCUT2D eigenvalue weighted by atomic mass is 9.43. The number of amides is 1. The number of aromatic hydroxyl groups is 1. The molecule has 0 aromatic heterocycles. The minimum Gasteiger partial charge on any atom is -0.508 e. The Balaban J connectivity index is 1.20. The molecule has 4 fully saturated rings. The van der Waals surface area contributed by atoms with Crippen LogP contribution < -0.4 is 0 Å². The number of hydrogen-bond donors (Lipinski definition) is 1. The Morgan fingerprint density at radius 1 is 0.923 bits per heavy atom. The van der Waals surface area contributed by atoms with Gasteiger partial charge in [-0.25, -0.2) is 0 Å². The molecule has 2 heterocycles. The number of piperidine rings is 1. The molecule has 3 aromatic rings. The van der Waals surface area contributed by atoms with Crippen LogP contribution in [-0.4, -0.2) is 58.3 Å². The lowest BCUT2D eigenvalue weighted by Gasteiger charge is -2.66. The van der Waals surface area contributed by atoms with Gasteiger partial charge in [0, 0.05) is 35.2 Å². The highest BCUT2D eigenvalue weighted by atomic mass is 16.3. The Morgan fingerprint density at radius 2 is 1.67 bits per heavy atom. The van der Waals surface area contributed by atoms with Crippen molar-refractivity contribution in [2.45, 2.75) is 49.6 Å². The van der Waals surface area contributed by atoms with Crippen molar-refractivity contribution >= 4 is 11.7 Å². The van der Waals surface area contributed by atoms with Crippen LogP contribution >= 0.6 is 0 Å². The molecule has 8 rings (SSSR count). The van der Waals surface area contributed by atoms with Gasteiger partial charge in [-0.2, -0.15) is 0 Å². The summed E-state index contributed by atoms with van der Waals surface area (Å²) in [5.74, 6) is 1.55. The monoisotopic (exact) mass is 518 g/mol. The van der Waals surface area contributed by atoms with Gasteiger partial charge in [0.1, 0.15) is 5.75 Å². The van der Waals surface area contributed by atoms with Crippen LogP contribution in [0.4, 0.5) is 0 Å². The molecule has 2 saturated heterocycles. The highest BCUT2D eigenvalue weighted by Crippen LogP contribution is 2.75. The third-order valence-electron chi connectivity index (χ3n) is 11.3. The van der Waals surface area contributed by atoms with Gasteiger partial charge < -0.3 is 10.0 Å². The molecular formula is C34H34N2O3. The second-order valence-corrected chi connectivity index (χ2v) is 12.6. The molecule has 0 radical (unpaired) electrons. The Kier molecular flexibility index (Phi) is 4.98. The van der Waals surface area contributed by atoms with Crippen LogP contribution in [0.2, 0.25) is 0 Å². The number of carbonyl (C=O) groups is 2. The lowest BCUT2D eigenvalue weighted by molar-refractivity contribution is -0.0977. The van der Waals surface area contributed by atoms with E-state index in [9.17, 15) is 14.7 Å². The zero-order chi connectivity index (χ0) is 26.4. The highest BCUT2D eigenvalue weighted by molar-refractivity contribution is 5.97. The number of carbonyl (C=O) groups excluding carboxylic acids is 2. The van der Waals surface area contributed by atoms with Crippen molar-refractivity contribution in [3.05, 3.63) is 101 Å². The number of phenolic OH excluding ortho intramolecular Hbond substituents is 1. The molecule has 5 aliphatic rings. The van der Waals surface area contributed by atoms with Crippen molar-refractivity contribution in [2.75, 3.05) is 19.6 Å². The first kappa shape index (κ1) is 23.4. The Hall–Kier alpha value is -3.44. The average molecular weight is 519 g/mol. The molecular weight excluding hydrogens is 484 g/mol. The first-order valence-electron chi connectivity index (χ1n) is 14.5. The number of likely N-dealkylation sites (tertiary alicyclic amines) is 2. The highest BCUT2D eigenvalue weighted by Gasteiger charge is 2.76. The fourth-order valence-corrected chi connectivity index (χ4v) is 10.2. The predicted octanol–water partition coefficient (Wildman–Crippen LogP) is 5.08. The van der Waals surface area contributed by atoms with Crippen molar-refractivity contribution in [3.8, 4) is 5.75 Å². The molecule has 2 saturated carbocycles. The van der Waals surface area contributed by atoms with E-state index in [1.165, 1.54) is 11.1 Å². The number of benzene rings is 3. The van der Waals surface area contributed by atoms with E-state index in [4.69, 9.17) is 0 Å². The third kappa shape index (κ3) is 3.05. The second-order valence-electron chi connectivity index (χ2n) is 12.6. The summed E-state index contributed by atoms with van der Waals surface area (Å²) in [7, 11) is 0. The largest absolute Gasteiger partial charge is 0.508 e. The third-order valence-corrected chi connectivity index (χ3v) is 11.3. The van der Waals surface area contributed by atoms with Crippen molar-refractivity contribution in [3.63, 3.8) is 0 Å². The molecule has 3 aliphatic carbocycles. The van der Waals surface area contributed by atoms with E-state index in [0.717, 1.165) is 56.3 Å². The number of ketones is 1. The summed E-state index contributed by atoms with van der Waals surface area (Å²) >= 11 is 0. The van der Waals surface area contributed by atoms with E-state index in [2.05, 4.69) is 21.9 Å². The maximum atomic E-state index is 13.7. The molecule has 5 heteroatoms. The molecule has 1 N–H and O–H groups in total. The summed E-state index contributed by atoms with van der Waals surface area (Å²) in [4.78, 5) is 31.8. The van der Waals surface area contributed by atoms with Gasteiger partial charge in [0.2, 0.25) is 0 Å². The van der Waals surface area contributed by atoms with Gasteiger partial charge in [0.05, 0.1) is 6.54 Å². The zero-order valence-corrected chi connectivity index (χ0v) is 22.1. The first-order valence-corrected chi connectivity index (χ1v) is 14.5. The number of rotatable bonds is 4. The normalized spacial score (nSPS) is 33.9. The molecule has 2 unspecified atom stereocenters. The molecule has 2 aliphatic heterocycles. The minimum absolute atomic E-state index is 0.0599. The number of nitrogens with zero attached hydrogens (tertiary/aromatic N) is 2. The first-order chi connectivity index (χ1) is 19.0. The summed E-state index contributed by atoms with van der Waals surface area (Å²) in [5, 5.41) is 10.7. The van der Waals surface area contributed by atoms with E-state index in [1.54, 1.807) is 0 Å². The number of Topliss-reactive ketones (excluding diaryl/α,β-unsaturated/α-hetero) is 1. The summed E-state index contributed by atoms with van der Waals surface area (Å²) in [6.45, 7) is 2.15. The van der Waals surface area contributed by atoms with E-state index in [-0.39, 0.29) is 28.6 Å². The number of hydrogen-bond acceptors (Lipinski definition) is 4. The van der Waals surface area contributed by atoms with Gasteiger partial charge >= 0.3 is 0 Å². The van der Waals surface area contributed by atoms with Crippen LogP contribution in [-0.2, 0) is 11.8 Å². The Morgan fingerprint density at radius 3 is 2.44 bits per heavy atom. The van der Waals surface area contributed by atoms with E-state index < -0.39 is 0 Å². The topological polar surface area (TPSA) is 60.9 Å². The average Bonchev–Trinajstić information content (AvgIpc) is 3.42. The van der Waals surface area contributed by atoms with Crippen LogP contribution in [0.15, 0.2) is 78.9 Å². The molecule has 4 bridgehead atoms. The van der Waals surface area contributed by atoms with E-state index >= 15 is 0 Å². The molecule has 5 nitrogen and oxygen atoms in total. The van der Waals surface area contributed by atoms with Gasteiger partial charge in [-0.05, 0) is 91.3 Å². The van der Waals surface area contributed by atoms with Crippen LogP contribution in [0.25, 0.3) is 0 Å². The predicted molar refractivity (Wildman–Crippen MR) is 149 cm³/mol. The van der Waals surface area contributed by atoms with Crippen molar-refractivity contribution < 1.29 is 14.7 Å². The summed E-state index contributed by atoms with van der Waals surface area (Å²) in [5.41, 5.74) is 4.24. The molecule has 39 heavy (non-hydrogen) atoms. The maximum absolute atomic E-state index is 13.7. The van der Waals surface area contributed by atoms with E-state index in [0.29, 0.717) is 30.2 Å². The molecule has 198 valence electrons. The van der Waals surface area contributed by atoms with Gasteiger partial charge in [0.25, 0.3) is 5.91 Å². The van der Waals surface area contributed by atoms with Gasteiger partial charge in [-0.3, -0.25) is 14.5 Å². The maximum Gasteiger partial charge on any atom is 0.254 e. The van der Waals surface area contributed by atoms with Gasteiger partial charge in [-0.1, -0.05) is 54.6 Å². The van der Waals surface area contributed by atoms with Crippen LogP contribution in [0.5, 0.6) is 5.75 Å². The van der Waals surface area contributed by atoms with Crippen molar-refractivity contribution in [2.24, 2.45) is 17.3 Å². The minimum atomic E-state index is -0.0599. The second kappa shape index (κ2) is 8.28. The quantitative estimate of drug-likeness (QED) is 0.489. The fourth-order valence-electron chi connectivity index (χ4n) is 10.2. The Labute approximate surface area is 229 Å². The number of phenols is 1. The van der Waals surface area contributed by atoms with Gasteiger partial charge in [0.15, 0.2) is 5.78 Å². The SMILES string of the molecule is O=C(CN1CC[C@@]23c4cc(O)ccc4C[C@@H]1[C@]21CCC2C3[C@@H](CN2C(=O)c2ccccc2)C1)c1ccccc1. The lowest BCUT2D eigenvalue weighted by Crippen LogP contribution is -2.70. The molecule has 1 amide bonds. The summed E-state index contributed by atoms with van der Waals surface area (Å²) < 4.78 is 0. The van der Waals surface area contributed by atoms with Crippen LogP contribution in [0, 0.1) is 17.3 Å². The summed E-state index contributed by atoms with van der Waals surface area (Å²) in [6, 6.07) is 26.0. The van der Waals surface area contributed by atoms with Crippen LogP contribution in [0.1, 0.15) is 57.5 Å². The van der Waals surface area contributed by atoms with Gasteiger partial charge in [-0.15, -0.1) is 0 Å². The van der Waals surface area contributed by atoms with E-state index in [1.807, 2.05) is 66.7 Å². The zero-order valence-electron chi connectivity index (χ0n) is 22.1.